The number of benzene rings is 8. The fraction of sp³-hybridized carbons (Fsp3) is 0.154. The zero-order valence-corrected chi connectivity index (χ0v) is 31.9. The van der Waals surface area contributed by atoms with Crippen LogP contribution in [0.15, 0.2) is 168 Å². The molecule has 54 heavy (non-hydrogen) atoms. The molecule has 8 aromatic carbocycles. The van der Waals surface area contributed by atoms with Gasteiger partial charge in [-0.25, -0.2) is 9.98 Å². The molecule has 0 radical (unpaired) electrons. The lowest BCUT2D eigenvalue weighted by molar-refractivity contribution is 0.647. The second-order valence-electron chi connectivity index (χ2n) is 16.0. The predicted molar refractivity (Wildman–Crippen MR) is 231 cm³/mol. The van der Waals surface area contributed by atoms with Crippen LogP contribution in [0.25, 0.3) is 32.3 Å². The molecule has 0 aliphatic heterocycles. The molecule has 0 saturated heterocycles. The van der Waals surface area contributed by atoms with Gasteiger partial charge in [-0.15, -0.1) is 0 Å². The van der Waals surface area contributed by atoms with E-state index in [-0.39, 0.29) is 10.8 Å². The summed E-state index contributed by atoms with van der Waals surface area (Å²) in [5.74, 6) is 0. The number of rotatable bonds is 6. The summed E-state index contributed by atoms with van der Waals surface area (Å²) >= 11 is 0. The van der Waals surface area contributed by atoms with E-state index in [0.717, 1.165) is 33.9 Å². The Bertz CT molecular complexity index is 2650. The first-order valence-corrected chi connectivity index (χ1v) is 19.0. The van der Waals surface area contributed by atoms with Crippen LogP contribution in [-0.4, -0.2) is 11.4 Å². The molecule has 0 spiro atoms. The van der Waals surface area contributed by atoms with Gasteiger partial charge in [0, 0.05) is 27.3 Å². The molecule has 2 nitrogen and oxygen atoms in total. The monoisotopic (exact) mass is 696 g/mol. The molecule has 8 aromatic rings. The van der Waals surface area contributed by atoms with E-state index in [1.54, 1.807) is 0 Å². The van der Waals surface area contributed by atoms with Gasteiger partial charge in [0.2, 0.25) is 0 Å². The maximum Gasteiger partial charge on any atom is 0.0978 e. The number of hydrogen-bond acceptors (Lipinski definition) is 2. The summed E-state index contributed by atoms with van der Waals surface area (Å²) < 4.78 is 0. The van der Waals surface area contributed by atoms with Gasteiger partial charge < -0.3 is 0 Å². The van der Waals surface area contributed by atoms with Crippen LogP contribution in [0.3, 0.4) is 0 Å². The van der Waals surface area contributed by atoms with E-state index in [4.69, 9.17) is 9.98 Å². The molecule has 0 unspecified atom stereocenters. The Hall–Kier alpha value is -6.12. The Morgan fingerprint density at radius 1 is 0.370 bits per heavy atom. The topological polar surface area (TPSA) is 24.7 Å². The van der Waals surface area contributed by atoms with Crippen LogP contribution >= 0.6 is 0 Å². The Labute approximate surface area is 318 Å². The normalized spacial score (nSPS) is 14.6. The van der Waals surface area contributed by atoms with E-state index < -0.39 is 0 Å². The summed E-state index contributed by atoms with van der Waals surface area (Å²) in [5.41, 5.74) is 12.8. The van der Waals surface area contributed by atoms with Crippen molar-refractivity contribution in [3.8, 4) is 0 Å². The van der Waals surface area contributed by atoms with Gasteiger partial charge in [0.05, 0.1) is 22.8 Å². The highest BCUT2D eigenvalue weighted by Gasteiger charge is 2.33. The van der Waals surface area contributed by atoms with Crippen molar-refractivity contribution >= 4 is 55.1 Å². The Balaban J connectivity index is 1.27. The minimum Gasteiger partial charge on any atom is -0.246 e. The van der Waals surface area contributed by atoms with Crippen molar-refractivity contribution in [2.24, 2.45) is 9.98 Å². The molecule has 0 atom stereocenters. The van der Waals surface area contributed by atoms with Crippen molar-refractivity contribution in [2.75, 3.05) is 0 Å². The van der Waals surface area contributed by atoms with Gasteiger partial charge in [0.1, 0.15) is 0 Å². The van der Waals surface area contributed by atoms with Crippen LogP contribution in [0.2, 0.25) is 0 Å². The van der Waals surface area contributed by atoms with Crippen LogP contribution in [0.1, 0.15) is 72.2 Å². The minimum absolute atomic E-state index is 0.326. The van der Waals surface area contributed by atoms with Crippen LogP contribution in [0.4, 0.5) is 11.4 Å². The lowest BCUT2D eigenvalue weighted by Gasteiger charge is -2.30. The third kappa shape index (κ3) is 5.48. The maximum atomic E-state index is 5.68. The molecule has 0 fully saturated rings. The smallest absolute Gasteiger partial charge is 0.0978 e. The van der Waals surface area contributed by atoms with Crippen LogP contribution in [0, 0.1) is 13.8 Å². The Morgan fingerprint density at radius 2 is 0.759 bits per heavy atom. The Kier molecular flexibility index (Phi) is 7.97. The first-order chi connectivity index (χ1) is 26.1. The molecule has 262 valence electrons. The summed E-state index contributed by atoms with van der Waals surface area (Å²) in [6.07, 6.45) is 0. The highest BCUT2D eigenvalue weighted by molar-refractivity contribution is 6.61. The van der Waals surface area contributed by atoms with Gasteiger partial charge in [-0.2, -0.15) is 0 Å². The summed E-state index contributed by atoms with van der Waals surface area (Å²) in [5, 5.41) is 7.44. The number of hydrogen-bond donors (Lipinski definition) is 0. The molecule has 1 aliphatic carbocycles. The number of aliphatic imine (C=N–C) groups is 2. The summed E-state index contributed by atoms with van der Waals surface area (Å²) in [6, 6.07) is 57.3. The predicted octanol–water partition coefficient (Wildman–Crippen LogP) is 13.7. The average molecular weight is 697 g/mol. The van der Waals surface area contributed by atoms with Crippen molar-refractivity contribution in [3.05, 3.63) is 202 Å². The zero-order chi connectivity index (χ0) is 37.2. The van der Waals surface area contributed by atoms with Crippen molar-refractivity contribution in [1.29, 1.82) is 0 Å². The summed E-state index contributed by atoms with van der Waals surface area (Å²) in [4.78, 5) is 11.4. The molecule has 0 aromatic heterocycles. The van der Waals surface area contributed by atoms with E-state index in [1.807, 2.05) is 0 Å². The molecular formula is C52H44N2. The van der Waals surface area contributed by atoms with E-state index in [2.05, 4.69) is 199 Å². The van der Waals surface area contributed by atoms with Crippen LogP contribution < -0.4 is 0 Å². The van der Waals surface area contributed by atoms with Gasteiger partial charge in [-0.3, -0.25) is 0 Å². The minimum atomic E-state index is -0.326. The fourth-order valence-corrected chi connectivity index (χ4v) is 8.78. The largest absolute Gasteiger partial charge is 0.246 e. The van der Waals surface area contributed by atoms with Crippen molar-refractivity contribution in [3.63, 3.8) is 0 Å². The zero-order valence-electron chi connectivity index (χ0n) is 31.9. The standard InChI is InChI=1S/C52H44N2/c1-33-27-29-46(44(31-33)51(3,4)42-25-13-17-35-15-7-9-21-38(35)42)53-49-40-23-11-19-37-20-12-24-41(48(37)40)50(49)54-47-30-28-34(2)32-45(47)52(5,6)43-26-14-18-36-16-8-10-22-39(36)43/h7-32H,1-6H3. The lowest BCUT2D eigenvalue weighted by Crippen LogP contribution is -2.21. The van der Waals surface area contributed by atoms with Crippen molar-refractivity contribution in [2.45, 2.75) is 52.4 Å². The van der Waals surface area contributed by atoms with E-state index in [9.17, 15) is 0 Å². The molecule has 0 N–H and O–H groups in total. The second-order valence-corrected chi connectivity index (χ2v) is 16.0. The first-order valence-electron chi connectivity index (χ1n) is 19.0. The van der Waals surface area contributed by atoms with Gasteiger partial charge in [0.25, 0.3) is 0 Å². The average Bonchev–Trinajstić information content (AvgIpc) is 3.48. The van der Waals surface area contributed by atoms with E-state index in [0.29, 0.717) is 0 Å². The van der Waals surface area contributed by atoms with Crippen molar-refractivity contribution < 1.29 is 0 Å². The second kappa shape index (κ2) is 12.8. The SMILES string of the molecule is Cc1ccc(N=C2C(=Nc3ccc(C)cc3C(C)(C)c3cccc4ccccc34)c3cccc4cccc2c34)c(C(C)(C)c2cccc3ccccc23)c1. The number of fused-ring (bicyclic) bond motifs is 2. The third-order valence-electron chi connectivity index (χ3n) is 11.7. The maximum absolute atomic E-state index is 5.68. The molecule has 9 rings (SSSR count). The first kappa shape index (κ1) is 33.7. The molecule has 2 heteroatoms. The molecule has 0 bridgehead atoms. The van der Waals surface area contributed by atoms with Crippen LogP contribution in [0.5, 0.6) is 0 Å². The molecule has 0 saturated carbocycles. The van der Waals surface area contributed by atoms with Gasteiger partial charge in [-0.1, -0.05) is 184 Å². The number of aryl methyl sites for hydroxylation is 2. The van der Waals surface area contributed by atoms with Crippen molar-refractivity contribution in [1.82, 2.24) is 0 Å². The molecule has 0 amide bonds. The number of nitrogens with zero attached hydrogens (tertiary/aromatic N) is 2. The van der Waals surface area contributed by atoms with Crippen LogP contribution in [-0.2, 0) is 10.8 Å². The molecular weight excluding hydrogens is 653 g/mol. The quantitative estimate of drug-likeness (QED) is 0.165. The van der Waals surface area contributed by atoms with Gasteiger partial charge in [-0.05, 0) is 75.2 Å². The van der Waals surface area contributed by atoms with E-state index >= 15 is 0 Å². The highest BCUT2D eigenvalue weighted by Crippen LogP contribution is 2.44. The third-order valence-corrected chi connectivity index (χ3v) is 11.7. The van der Waals surface area contributed by atoms with Gasteiger partial charge in [0.15, 0.2) is 0 Å². The molecule has 1 aliphatic rings. The van der Waals surface area contributed by atoms with Gasteiger partial charge >= 0.3 is 0 Å². The fourth-order valence-electron chi connectivity index (χ4n) is 8.78. The summed E-state index contributed by atoms with van der Waals surface area (Å²) in [7, 11) is 0. The lowest BCUT2D eigenvalue weighted by atomic mass is 9.75. The Morgan fingerprint density at radius 3 is 1.22 bits per heavy atom. The highest BCUT2D eigenvalue weighted by atomic mass is 14.8. The van der Waals surface area contributed by atoms with E-state index in [1.165, 1.54) is 65.7 Å². The molecule has 0 heterocycles. The summed E-state index contributed by atoms with van der Waals surface area (Å²) in [6.45, 7) is 13.7.